The summed E-state index contributed by atoms with van der Waals surface area (Å²) in [6.07, 6.45) is 6.29. The van der Waals surface area contributed by atoms with Crippen LogP contribution in [0, 0.1) is 11.7 Å². The largest absolute Gasteiger partial charge is 0.338 e. The highest BCUT2D eigenvalue weighted by atomic mass is 32.1. The van der Waals surface area contributed by atoms with Gasteiger partial charge in [-0.15, -0.1) is 11.3 Å². The standard InChI is InChI=1S/C18H18FN3O2S/c19-15-6-3-13(4-7-15)5-8-16(23)22-10-1-2-14(12-22)17(24)21-18-20-9-11-25-18/h3-9,11,14H,1-2,10,12H2,(H,20,21,24)/b8-5+. The van der Waals surface area contributed by atoms with Crippen molar-refractivity contribution in [2.24, 2.45) is 5.92 Å². The Hall–Kier alpha value is -2.54. The van der Waals surface area contributed by atoms with Crippen LogP contribution in [0.1, 0.15) is 18.4 Å². The van der Waals surface area contributed by atoms with Crippen molar-refractivity contribution in [2.75, 3.05) is 18.4 Å². The molecule has 1 aliphatic heterocycles. The number of benzene rings is 1. The van der Waals surface area contributed by atoms with Crippen molar-refractivity contribution in [2.45, 2.75) is 12.8 Å². The Balaban J connectivity index is 1.57. The molecule has 5 nitrogen and oxygen atoms in total. The van der Waals surface area contributed by atoms with Gasteiger partial charge in [0, 0.05) is 30.7 Å². The number of carbonyl (C=O) groups excluding carboxylic acids is 2. The summed E-state index contributed by atoms with van der Waals surface area (Å²) < 4.78 is 12.9. The molecule has 2 heterocycles. The first-order valence-corrected chi connectivity index (χ1v) is 8.93. The molecule has 25 heavy (non-hydrogen) atoms. The molecule has 1 N–H and O–H groups in total. The molecular formula is C18H18FN3O2S. The van der Waals surface area contributed by atoms with E-state index in [-0.39, 0.29) is 23.5 Å². The van der Waals surface area contributed by atoms with Crippen LogP contribution in [0.3, 0.4) is 0 Å². The van der Waals surface area contributed by atoms with Gasteiger partial charge in [0.25, 0.3) is 0 Å². The zero-order valence-corrected chi connectivity index (χ0v) is 14.3. The molecule has 1 aliphatic rings. The minimum Gasteiger partial charge on any atom is -0.338 e. The summed E-state index contributed by atoms with van der Waals surface area (Å²) >= 11 is 1.37. The lowest BCUT2D eigenvalue weighted by Crippen LogP contribution is -2.43. The average molecular weight is 359 g/mol. The minimum atomic E-state index is -0.311. The second kappa shape index (κ2) is 8.02. The van der Waals surface area contributed by atoms with Gasteiger partial charge in [-0.2, -0.15) is 0 Å². The summed E-state index contributed by atoms with van der Waals surface area (Å²) in [6.45, 7) is 1.03. The SMILES string of the molecule is O=C(Nc1nccs1)C1CCCN(C(=O)/C=C/c2ccc(F)cc2)C1. The molecule has 0 saturated carbocycles. The highest BCUT2D eigenvalue weighted by Crippen LogP contribution is 2.20. The van der Waals surface area contributed by atoms with E-state index >= 15 is 0 Å². The normalized spacial score (nSPS) is 17.6. The van der Waals surface area contributed by atoms with Crippen LogP contribution in [0.25, 0.3) is 6.08 Å². The number of hydrogen-bond donors (Lipinski definition) is 1. The molecule has 1 saturated heterocycles. The van der Waals surface area contributed by atoms with Crippen LogP contribution in [0.15, 0.2) is 41.9 Å². The molecule has 1 aromatic heterocycles. The summed E-state index contributed by atoms with van der Waals surface area (Å²) in [5, 5.41) is 5.16. The number of rotatable bonds is 4. The van der Waals surface area contributed by atoms with Gasteiger partial charge in [-0.3, -0.25) is 9.59 Å². The Morgan fingerprint density at radius 2 is 2.12 bits per heavy atom. The van der Waals surface area contributed by atoms with E-state index in [1.807, 2.05) is 0 Å². The molecule has 0 aliphatic carbocycles. The number of thiazole rings is 1. The maximum atomic E-state index is 12.9. The third kappa shape index (κ3) is 4.73. The van der Waals surface area contributed by atoms with Crippen LogP contribution in [0.5, 0.6) is 0 Å². The average Bonchev–Trinajstić information content (AvgIpc) is 3.14. The van der Waals surface area contributed by atoms with E-state index < -0.39 is 0 Å². The quantitative estimate of drug-likeness (QED) is 0.853. The van der Waals surface area contributed by atoms with Crippen LogP contribution < -0.4 is 5.32 Å². The molecule has 0 bridgehead atoms. The lowest BCUT2D eigenvalue weighted by molar-refractivity contribution is -0.130. The third-order valence-electron chi connectivity index (χ3n) is 4.05. The molecule has 2 amide bonds. The Bertz CT molecular complexity index is 759. The Kier molecular flexibility index (Phi) is 5.55. The van der Waals surface area contributed by atoms with Gasteiger partial charge in [0.1, 0.15) is 5.82 Å². The van der Waals surface area contributed by atoms with Crippen LogP contribution >= 0.6 is 11.3 Å². The number of piperidine rings is 1. The van der Waals surface area contributed by atoms with Crippen molar-refractivity contribution < 1.29 is 14.0 Å². The first-order valence-electron chi connectivity index (χ1n) is 8.05. The van der Waals surface area contributed by atoms with Gasteiger partial charge in [-0.05, 0) is 36.6 Å². The van der Waals surface area contributed by atoms with Crippen LogP contribution in [0.2, 0.25) is 0 Å². The predicted octanol–water partition coefficient (Wildman–Crippen LogP) is 3.17. The van der Waals surface area contributed by atoms with Crippen LogP contribution in [-0.2, 0) is 9.59 Å². The fourth-order valence-electron chi connectivity index (χ4n) is 2.73. The lowest BCUT2D eigenvalue weighted by atomic mass is 9.97. The first kappa shape index (κ1) is 17.3. The monoisotopic (exact) mass is 359 g/mol. The van der Waals surface area contributed by atoms with Crippen molar-refractivity contribution in [1.82, 2.24) is 9.88 Å². The van der Waals surface area contributed by atoms with Gasteiger partial charge in [0.15, 0.2) is 5.13 Å². The zero-order valence-electron chi connectivity index (χ0n) is 13.5. The molecule has 7 heteroatoms. The summed E-state index contributed by atoms with van der Waals surface area (Å²) in [7, 11) is 0. The van der Waals surface area contributed by atoms with Crippen molar-refractivity contribution in [1.29, 1.82) is 0 Å². The molecule has 3 rings (SSSR count). The molecule has 1 fully saturated rings. The molecule has 0 spiro atoms. The number of aromatic nitrogens is 1. The van der Waals surface area contributed by atoms with Crippen molar-refractivity contribution in [3.05, 3.63) is 53.3 Å². The first-order chi connectivity index (χ1) is 12.1. The van der Waals surface area contributed by atoms with Gasteiger partial charge in [-0.1, -0.05) is 12.1 Å². The third-order valence-corrected chi connectivity index (χ3v) is 4.74. The molecule has 1 unspecified atom stereocenters. The number of carbonyl (C=O) groups is 2. The second-order valence-corrected chi connectivity index (χ2v) is 6.73. The smallest absolute Gasteiger partial charge is 0.246 e. The number of nitrogens with zero attached hydrogens (tertiary/aromatic N) is 2. The van der Waals surface area contributed by atoms with Gasteiger partial charge in [0.2, 0.25) is 11.8 Å². The van der Waals surface area contributed by atoms with Crippen LogP contribution in [0.4, 0.5) is 9.52 Å². The Morgan fingerprint density at radius 1 is 1.32 bits per heavy atom. The summed E-state index contributed by atoms with van der Waals surface area (Å²) in [4.78, 5) is 30.4. The van der Waals surface area contributed by atoms with Crippen LogP contribution in [-0.4, -0.2) is 34.8 Å². The van der Waals surface area contributed by atoms with E-state index in [0.717, 1.165) is 18.4 Å². The second-order valence-electron chi connectivity index (χ2n) is 5.83. The Labute approximate surface area is 149 Å². The topological polar surface area (TPSA) is 62.3 Å². The zero-order chi connectivity index (χ0) is 17.6. The van der Waals surface area contributed by atoms with E-state index in [0.29, 0.717) is 18.2 Å². The molecule has 1 aromatic carbocycles. The van der Waals surface area contributed by atoms with Gasteiger partial charge in [0.05, 0.1) is 5.92 Å². The maximum absolute atomic E-state index is 12.9. The van der Waals surface area contributed by atoms with E-state index in [2.05, 4.69) is 10.3 Å². The number of likely N-dealkylation sites (tertiary alicyclic amines) is 1. The molecular weight excluding hydrogens is 341 g/mol. The molecule has 2 aromatic rings. The molecule has 1 atom stereocenters. The highest BCUT2D eigenvalue weighted by Gasteiger charge is 2.27. The van der Waals surface area contributed by atoms with E-state index in [9.17, 15) is 14.0 Å². The number of halogens is 1. The van der Waals surface area contributed by atoms with Crippen molar-refractivity contribution in [3.8, 4) is 0 Å². The predicted molar refractivity (Wildman–Crippen MR) is 95.5 cm³/mol. The fourth-order valence-corrected chi connectivity index (χ4v) is 3.26. The fraction of sp³-hybridized carbons (Fsp3) is 0.278. The minimum absolute atomic E-state index is 0.102. The van der Waals surface area contributed by atoms with Gasteiger partial charge >= 0.3 is 0 Å². The van der Waals surface area contributed by atoms with Gasteiger partial charge < -0.3 is 10.2 Å². The van der Waals surface area contributed by atoms with Gasteiger partial charge in [-0.25, -0.2) is 9.37 Å². The van der Waals surface area contributed by atoms with E-state index in [1.165, 1.54) is 29.5 Å². The summed E-state index contributed by atoms with van der Waals surface area (Å²) in [6, 6.07) is 5.92. The molecule has 0 radical (unpaired) electrons. The Morgan fingerprint density at radius 3 is 2.84 bits per heavy atom. The number of amides is 2. The van der Waals surface area contributed by atoms with Crippen molar-refractivity contribution >= 4 is 34.4 Å². The van der Waals surface area contributed by atoms with E-state index in [1.54, 1.807) is 34.7 Å². The van der Waals surface area contributed by atoms with E-state index in [4.69, 9.17) is 0 Å². The lowest BCUT2D eigenvalue weighted by Gasteiger charge is -2.31. The molecule has 130 valence electrons. The maximum Gasteiger partial charge on any atom is 0.246 e. The summed E-state index contributed by atoms with van der Waals surface area (Å²) in [5.74, 6) is -0.791. The van der Waals surface area contributed by atoms with Crippen molar-refractivity contribution in [3.63, 3.8) is 0 Å². The number of anilines is 1. The number of hydrogen-bond acceptors (Lipinski definition) is 4. The number of nitrogens with one attached hydrogen (secondary N) is 1. The summed E-state index contributed by atoms with van der Waals surface area (Å²) in [5.41, 5.74) is 0.754. The highest BCUT2D eigenvalue weighted by molar-refractivity contribution is 7.13.